The lowest BCUT2D eigenvalue weighted by Gasteiger charge is -2.18. The second-order valence-corrected chi connectivity index (χ2v) is 9.26. The normalized spacial score (nSPS) is 12.2. The zero-order valence-electron chi connectivity index (χ0n) is 18.4. The van der Waals surface area contributed by atoms with Crippen LogP contribution in [0.5, 0.6) is 0 Å². The molecule has 0 radical (unpaired) electrons. The van der Waals surface area contributed by atoms with Crippen molar-refractivity contribution in [1.82, 2.24) is 9.78 Å². The molecule has 3 rings (SSSR count). The number of rotatable bonds is 10. The Morgan fingerprint density at radius 3 is 2.31 bits per heavy atom. The number of halogens is 3. The highest BCUT2D eigenvalue weighted by Gasteiger charge is 2.28. The first kappa shape index (κ1) is 24.6. The van der Waals surface area contributed by atoms with Gasteiger partial charge in [-0.05, 0) is 48.6 Å². The molecule has 1 atom stereocenters. The van der Waals surface area contributed by atoms with Crippen molar-refractivity contribution in [2.75, 3.05) is 0 Å². The topological polar surface area (TPSA) is 60.9 Å². The summed E-state index contributed by atoms with van der Waals surface area (Å²) in [4.78, 5) is 12.5. The maximum Gasteiger partial charge on any atom is 0.269 e. The van der Waals surface area contributed by atoms with Crippen LogP contribution >= 0.6 is 34.8 Å². The van der Waals surface area contributed by atoms with Crippen LogP contribution in [0.1, 0.15) is 73.5 Å². The maximum atomic E-state index is 12.5. The minimum absolute atomic E-state index is 0.171. The van der Waals surface area contributed by atoms with Crippen molar-refractivity contribution in [3.8, 4) is 11.3 Å². The number of hydrogen-bond acceptors (Lipinski definition) is 2. The van der Waals surface area contributed by atoms with Crippen molar-refractivity contribution in [3.05, 3.63) is 74.4 Å². The third-order valence-electron chi connectivity index (χ3n) is 5.73. The van der Waals surface area contributed by atoms with Gasteiger partial charge in [0.1, 0.15) is 0 Å². The van der Waals surface area contributed by atoms with Gasteiger partial charge >= 0.3 is 0 Å². The lowest BCUT2D eigenvalue weighted by atomic mass is 9.87. The van der Waals surface area contributed by atoms with E-state index in [4.69, 9.17) is 40.5 Å². The summed E-state index contributed by atoms with van der Waals surface area (Å²) in [5.41, 5.74) is 9.71. The quantitative estimate of drug-likeness (QED) is 0.294. The van der Waals surface area contributed by atoms with Crippen LogP contribution in [0.2, 0.25) is 15.1 Å². The number of carbonyl (C=O) groups excluding carboxylic acids is 1. The summed E-state index contributed by atoms with van der Waals surface area (Å²) in [5, 5.41) is 6.44. The average molecular weight is 493 g/mol. The number of benzene rings is 2. The summed E-state index contributed by atoms with van der Waals surface area (Å²) in [6.07, 6.45) is 5.22. The fraction of sp³-hybridized carbons (Fsp3) is 0.360. The fourth-order valence-corrected chi connectivity index (χ4v) is 4.67. The Kier molecular flexibility index (Phi) is 8.64. The van der Waals surface area contributed by atoms with Gasteiger partial charge in [0.25, 0.3) is 5.91 Å². The van der Waals surface area contributed by atoms with Crippen LogP contribution in [0.4, 0.5) is 0 Å². The number of unbranched alkanes of at least 4 members (excludes halogenated alkanes) is 2. The van der Waals surface area contributed by atoms with Crippen LogP contribution in [0.25, 0.3) is 11.3 Å². The van der Waals surface area contributed by atoms with E-state index in [1.54, 1.807) is 12.1 Å². The summed E-state index contributed by atoms with van der Waals surface area (Å²) in [6, 6.07) is 13.0. The Morgan fingerprint density at radius 2 is 1.72 bits per heavy atom. The van der Waals surface area contributed by atoms with Crippen molar-refractivity contribution in [1.29, 1.82) is 0 Å². The van der Waals surface area contributed by atoms with Gasteiger partial charge in [0.05, 0.1) is 12.2 Å². The number of amides is 1. The summed E-state index contributed by atoms with van der Waals surface area (Å²) in [6.45, 7) is 4.71. The Morgan fingerprint density at radius 1 is 1.03 bits per heavy atom. The maximum absolute atomic E-state index is 12.5. The molecule has 170 valence electrons. The molecule has 0 aliphatic rings. The highest BCUT2D eigenvalue weighted by Crippen LogP contribution is 2.38. The van der Waals surface area contributed by atoms with Gasteiger partial charge < -0.3 is 5.73 Å². The number of nitrogens with zero attached hydrogens (tertiary/aromatic N) is 2. The van der Waals surface area contributed by atoms with Crippen LogP contribution in [0.3, 0.4) is 0 Å². The van der Waals surface area contributed by atoms with Gasteiger partial charge in [-0.1, -0.05) is 86.1 Å². The van der Waals surface area contributed by atoms with Crippen molar-refractivity contribution < 1.29 is 4.79 Å². The Hall–Kier alpha value is -2.01. The van der Waals surface area contributed by atoms with E-state index in [2.05, 4.69) is 18.9 Å². The minimum Gasteiger partial charge on any atom is -0.364 e. The molecule has 0 bridgehead atoms. The van der Waals surface area contributed by atoms with E-state index < -0.39 is 5.91 Å². The number of carbonyl (C=O) groups is 1. The summed E-state index contributed by atoms with van der Waals surface area (Å²) in [7, 11) is 0. The third kappa shape index (κ3) is 5.67. The monoisotopic (exact) mass is 491 g/mol. The first-order valence-electron chi connectivity index (χ1n) is 11.0. The first-order valence-corrected chi connectivity index (χ1v) is 12.1. The molecule has 1 amide bonds. The number of primary amides is 1. The Labute approximate surface area is 204 Å². The molecule has 1 unspecified atom stereocenters. The molecule has 1 aromatic heterocycles. The standard InChI is InChI=1S/C25H28Cl3N3O/c1-3-5-6-7-16(4-2)22-23(25(29)32)30-31(15-18-10-13-20(27)14-21(18)28)24(22)17-8-11-19(26)12-9-17/h8-14,16H,3-7,15H2,1-2H3,(H2,29,32). The van der Waals surface area contributed by atoms with Gasteiger partial charge in [-0.15, -0.1) is 0 Å². The van der Waals surface area contributed by atoms with Crippen LogP contribution < -0.4 is 5.73 Å². The second kappa shape index (κ2) is 11.2. The predicted octanol–water partition coefficient (Wildman–Crippen LogP) is 7.73. The molecule has 7 heteroatoms. The van der Waals surface area contributed by atoms with Gasteiger partial charge in [-0.25, -0.2) is 0 Å². The van der Waals surface area contributed by atoms with E-state index in [0.29, 0.717) is 27.3 Å². The lowest BCUT2D eigenvalue weighted by Crippen LogP contribution is -2.16. The largest absolute Gasteiger partial charge is 0.364 e. The summed E-state index contributed by atoms with van der Waals surface area (Å²) in [5.74, 6) is -0.353. The lowest BCUT2D eigenvalue weighted by molar-refractivity contribution is 0.0993. The van der Waals surface area contributed by atoms with E-state index in [1.807, 2.05) is 35.0 Å². The average Bonchev–Trinajstić information content (AvgIpc) is 3.13. The number of aromatic nitrogens is 2. The van der Waals surface area contributed by atoms with Gasteiger partial charge in [-0.2, -0.15) is 5.10 Å². The molecule has 3 aromatic rings. The highest BCUT2D eigenvalue weighted by molar-refractivity contribution is 6.35. The first-order chi connectivity index (χ1) is 15.3. The smallest absolute Gasteiger partial charge is 0.269 e. The van der Waals surface area contributed by atoms with E-state index in [-0.39, 0.29) is 5.92 Å². The molecule has 2 N–H and O–H groups in total. The zero-order valence-corrected chi connectivity index (χ0v) is 20.6. The zero-order chi connectivity index (χ0) is 23.3. The van der Waals surface area contributed by atoms with Crippen molar-refractivity contribution in [2.24, 2.45) is 5.73 Å². The molecule has 0 spiro atoms. The second-order valence-electron chi connectivity index (χ2n) is 7.98. The third-order valence-corrected chi connectivity index (χ3v) is 6.57. The molecule has 2 aromatic carbocycles. The molecular weight excluding hydrogens is 465 g/mol. The van der Waals surface area contributed by atoms with Crippen LogP contribution in [-0.4, -0.2) is 15.7 Å². The van der Waals surface area contributed by atoms with Crippen molar-refractivity contribution >= 4 is 40.7 Å². The van der Waals surface area contributed by atoms with Crippen LogP contribution in [0, 0.1) is 0 Å². The van der Waals surface area contributed by atoms with Crippen molar-refractivity contribution in [2.45, 2.75) is 58.4 Å². The molecule has 4 nitrogen and oxygen atoms in total. The van der Waals surface area contributed by atoms with E-state index >= 15 is 0 Å². The van der Waals surface area contributed by atoms with Gasteiger partial charge in [0.2, 0.25) is 0 Å². The molecule has 32 heavy (non-hydrogen) atoms. The summed E-state index contributed by atoms with van der Waals surface area (Å²) < 4.78 is 1.83. The molecule has 0 aliphatic heterocycles. The van der Waals surface area contributed by atoms with Crippen LogP contribution in [0.15, 0.2) is 42.5 Å². The SMILES string of the molecule is CCCCCC(CC)c1c(C(N)=O)nn(Cc2ccc(Cl)cc2Cl)c1-c1ccc(Cl)cc1. The van der Waals surface area contributed by atoms with E-state index in [9.17, 15) is 4.79 Å². The number of hydrogen-bond donors (Lipinski definition) is 1. The Bertz CT molecular complexity index is 1080. The minimum atomic E-state index is -0.523. The fourth-order valence-electron chi connectivity index (χ4n) is 4.08. The summed E-state index contributed by atoms with van der Waals surface area (Å²) >= 11 is 18.7. The van der Waals surface area contributed by atoms with Gasteiger partial charge in [0, 0.05) is 26.2 Å². The molecule has 0 saturated heterocycles. The van der Waals surface area contributed by atoms with Crippen molar-refractivity contribution in [3.63, 3.8) is 0 Å². The molecule has 1 heterocycles. The highest BCUT2D eigenvalue weighted by atomic mass is 35.5. The predicted molar refractivity (Wildman–Crippen MR) is 134 cm³/mol. The van der Waals surface area contributed by atoms with E-state index in [1.165, 1.54) is 0 Å². The molecule has 0 saturated carbocycles. The number of nitrogens with two attached hydrogens (primary N) is 1. The van der Waals surface area contributed by atoms with Gasteiger partial charge in [-0.3, -0.25) is 9.48 Å². The van der Waals surface area contributed by atoms with Gasteiger partial charge in [0.15, 0.2) is 5.69 Å². The van der Waals surface area contributed by atoms with E-state index in [0.717, 1.165) is 54.5 Å². The Balaban J connectivity index is 2.19. The molecule has 0 fully saturated rings. The van der Waals surface area contributed by atoms with Crippen LogP contribution in [-0.2, 0) is 6.54 Å². The molecule has 0 aliphatic carbocycles. The molecular formula is C25H28Cl3N3O.